The van der Waals surface area contributed by atoms with Crippen molar-refractivity contribution < 1.29 is 5.11 Å². The number of halogens is 1. The molecule has 1 unspecified atom stereocenters. The quantitative estimate of drug-likeness (QED) is 0.865. The Bertz CT molecular complexity index is 364. The van der Waals surface area contributed by atoms with Crippen molar-refractivity contribution in [3.05, 3.63) is 34.9 Å². The molecule has 1 aromatic rings. The highest BCUT2D eigenvalue weighted by Crippen LogP contribution is 2.20. The molecule has 0 bridgehead atoms. The van der Waals surface area contributed by atoms with Gasteiger partial charge in [-0.2, -0.15) is 0 Å². The third-order valence-electron chi connectivity index (χ3n) is 3.30. The molecule has 0 spiro atoms. The van der Waals surface area contributed by atoms with Gasteiger partial charge in [-0.15, -0.1) is 0 Å². The van der Waals surface area contributed by atoms with Crippen LogP contribution in [0.5, 0.6) is 0 Å². The molecular weight excluding hydrogens is 236 g/mol. The number of nitrogens with two attached hydrogens (primary N) is 1. The molecule has 1 aliphatic rings. The van der Waals surface area contributed by atoms with Crippen molar-refractivity contribution >= 4 is 11.6 Å². The Morgan fingerprint density at radius 2 is 2.12 bits per heavy atom. The molecule has 0 radical (unpaired) electrons. The van der Waals surface area contributed by atoms with Crippen molar-refractivity contribution in [1.82, 2.24) is 4.90 Å². The van der Waals surface area contributed by atoms with Crippen LogP contribution in [0.25, 0.3) is 0 Å². The van der Waals surface area contributed by atoms with Crippen LogP contribution in [-0.2, 0) is 0 Å². The van der Waals surface area contributed by atoms with Gasteiger partial charge in [-0.1, -0.05) is 23.7 Å². The highest BCUT2D eigenvalue weighted by atomic mass is 35.5. The number of β-amino-alcohol motifs (C(OH)–C–C–N with tert-alkyl or cyclic N) is 1. The van der Waals surface area contributed by atoms with Gasteiger partial charge < -0.3 is 15.7 Å². The molecule has 1 heterocycles. The maximum atomic E-state index is 10.1. The highest BCUT2D eigenvalue weighted by molar-refractivity contribution is 6.30. The van der Waals surface area contributed by atoms with Crippen molar-refractivity contribution in [3.8, 4) is 0 Å². The predicted octanol–water partition coefficient (Wildman–Crippen LogP) is 1.80. The molecule has 3 N–H and O–H groups in total. The van der Waals surface area contributed by atoms with Gasteiger partial charge in [0.15, 0.2) is 0 Å². The van der Waals surface area contributed by atoms with E-state index in [-0.39, 0.29) is 0 Å². The largest absolute Gasteiger partial charge is 0.387 e. The summed E-state index contributed by atoms with van der Waals surface area (Å²) in [5, 5.41) is 10.8. The van der Waals surface area contributed by atoms with E-state index in [9.17, 15) is 5.11 Å². The van der Waals surface area contributed by atoms with E-state index in [4.69, 9.17) is 17.3 Å². The summed E-state index contributed by atoms with van der Waals surface area (Å²) in [6.07, 6.45) is 1.56. The van der Waals surface area contributed by atoms with Crippen LogP contribution < -0.4 is 5.73 Å². The van der Waals surface area contributed by atoms with Crippen LogP contribution in [0.15, 0.2) is 24.3 Å². The lowest BCUT2D eigenvalue weighted by atomic mass is 10.0. The molecule has 0 amide bonds. The van der Waals surface area contributed by atoms with Crippen LogP contribution in [0, 0.1) is 0 Å². The van der Waals surface area contributed by atoms with Gasteiger partial charge in [0.1, 0.15) is 0 Å². The molecule has 1 aliphatic heterocycles. The van der Waals surface area contributed by atoms with E-state index in [1.54, 1.807) is 0 Å². The zero-order valence-corrected chi connectivity index (χ0v) is 10.6. The third-order valence-corrected chi connectivity index (χ3v) is 3.53. The van der Waals surface area contributed by atoms with E-state index >= 15 is 0 Å². The first-order valence-electron chi connectivity index (χ1n) is 6.06. The van der Waals surface area contributed by atoms with Crippen molar-refractivity contribution in [2.45, 2.75) is 25.0 Å². The number of nitrogens with zero attached hydrogens (tertiary/aromatic N) is 1. The van der Waals surface area contributed by atoms with E-state index in [2.05, 4.69) is 4.90 Å². The van der Waals surface area contributed by atoms with Crippen LogP contribution in [0.2, 0.25) is 5.02 Å². The lowest BCUT2D eigenvalue weighted by molar-refractivity contribution is 0.0977. The van der Waals surface area contributed by atoms with E-state index in [1.165, 1.54) is 0 Å². The number of aliphatic hydroxyl groups excluding tert-OH is 1. The summed E-state index contributed by atoms with van der Waals surface area (Å²) < 4.78 is 0. The summed E-state index contributed by atoms with van der Waals surface area (Å²) in [6.45, 7) is 2.60. The number of aliphatic hydroxyl groups is 1. The Morgan fingerprint density at radius 1 is 1.41 bits per heavy atom. The summed E-state index contributed by atoms with van der Waals surface area (Å²) in [6, 6.07) is 7.74. The van der Waals surface area contributed by atoms with Gasteiger partial charge in [0.25, 0.3) is 0 Å². The Kier molecular flexibility index (Phi) is 4.40. The first-order chi connectivity index (χ1) is 8.15. The average Bonchev–Trinajstić information content (AvgIpc) is 2.32. The van der Waals surface area contributed by atoms with Crippen molar-refractivity contribution in [1.29, 1.82) is 0 Å². The molecule has 0 saturated carbocycles. The molecule has 3 nitrogen and oxygen atoms in total. The van der Waals surface area contributed by atoms with Gasteiger partial charge in [-0.05, 0) is 43.6 Å². The number of hydrogen-bond donors (Lipinski definition) is 2. The maximum absolute atomic E-state index is 10.1. The molecule has 4 heteroatoms. The number of piperidine rings is 1. The number of likely N-dealkylation sites (tertiary alicyclic amines) is 1. The van der Waals surface area contributed by atoms with Crippen LogP contribution in [0.1, 0.15) is 24.5 Å². The topological polar surface area (TPSA) is 49.5 Å². The molecule has 0 aromatic heterocycles. The molecule has 1 saturated heterocycles. The first kappa shape index (κ1) is 12.8. The number of hydrogen-bond acceptors (Lipinski definition) is 3. The maximum Gasteiger partial charge on any atom is 0.0917 e. The van der Waals surface area contributed by atoms with Gasteiger partial charge in [-0.3, -0.25) is 0 Å². The molecular formula is C13H19ClN2O. The smallest absolute Gasteiger partial charge is 0.0917 e. The van der Waals surface area contributed by atoms with Gasteiger partial charge in [0.2, 0.25) is 0 Å². The molecule has 17 heavy (non-hydrogen) atoms. The zero-order chi connectivity index (χ0) is 12.3. The first-order valence-corrected chi connectivity index (χ1v) is 6.44. The van der Waals surface area contributed by atoms with Crippen molar-refractivity contribution in [2.24, 2.45) is 5.73 Å². The molecule has 1 aromatic carbocycles. The van der Waals surface area contributed by atoms with Crippen LogP contribution in [0.3, 0.4) is 0 Å². The predicted molar refractivity (Wildman–Crippen MR) is 70.1 cm³/mol. The Morgan fingerprint density at radius 3 is 2.76 bits per heavy atom. The molecule has 94 valence electrons. The van der Waals surface area contributed by atoms with Crippen LogP contribution >= 0.6 is 11.6 Å². The van der Waals surface area contributed by atoms with Gasteiger partial charge in [0.05, 0.1) is 6.10 Å². The van der Waals surface area contributed by atoms with Crippen LogP contribution in [0.4, 0.5) is 0 Å². The Balaban J connectivity index is 1.90. The van der Waals surface area contributed by atoms with E-state index in [1.807, 2.05) is 24.3 Å². The summed E-state index contributed by atoms with van der Waals surface area (Å²) in [4.78, 5) is 2.26. The zero-order valence-electron chi connectivity index (χ0n) is 9.85. The summed E-state index contributed by atoms with van der Waals surface area (Å²) in [7, 11) is 0. The molecule has 0 aliphatic carbocycles. The monoisotopic (exact) mass is 254 g/mol. The molecule has 1 atom stereocenters. The lowest BCUT2D eigenvalue weighted by Crippen LogP contribution is -2.41. The summed E-state index contributed by atoms with van der Waals surface area (Å²) in [5.74, 6) is 0. The van der Waals surface area contributed by atoms with E-state index in [0.717, 1.165) is 31.5 Å². The molecule has 2 rings (SSSR count). The second kappa shape index (κ2) is 5.83. The fourth-order valence-electron chi connectivity index (χ4n) is 2.20. The minimum absolute atomic E-state index is 0.328. The Labute approximate surface area is 107 Å². The summed E-state index contributed by atoms with van der Waals surface area (Å²) in [5.41, 5.74) is 6.73. The number of benzene rings is 1. The lowest BCUT2D eigenvalue weighted by Gasteiger charge is -2.31. The normalized spacial score (nSPS) is 20.4. The van der Waals surface area contributed by atoms with Crippen LogP contribution in [-0.4, -0.2) is 35.7 Å². The SMILES string of the molecule is NC1CCN(CC(O)c2cccc(Cl)c2)CC1. The highest BCUT2D eigenvalue weighted by Gasteiger charge is 2.19. The molecule has 1 fully saturated rings. The van der Waals surface area contributed by atoms with E-state index in [0.29, 0.717) is 17.6 Å². The minimum atomic E-state index is -0.469. The fourth-order valence-corrected chi connectivity index (χ4v) is 2.40. The van der Waals surface area contributed by atoms with Gasteiger partial charge in [0, 0.05) is 17.6 Å². The average molecular weight is 255 g/mol. The number of rotatable bonds is 3. The van der Waals surface area contributed by atoms with Gasteiger partial charge in [-0.25, -0.2) is 0 Å². The third kappa shape index (κ3) is 3.68. The fraction of sp³-hybridized carbons (Fsp3) is 0.538. The minimum Gasteiger partial charge on any atom is -0.387 e. The van der Waals surface area contributed by atoms with Gasteiger partial charge >= 0.3 is 0 Å². The van der Waals surface area contributed by atoms with E-state index < -0.39 is 6.10 Å². The van der Waals surface area contributed by atoms with Crippen molar-refractivity contribution in [2.75, 3.05) is 19.6 Å². The second-order valence-corrected chi connectivity index (χ2v) is 5.15. The Hall–Kier alpha value is -0.610. The summed E-state index contributed by atoms with van der Waals surface area (Å²) >= 11 is 5.91. The standard InChI is InChI=1S/C13H19ClN2O/c14-11-3-1-2-10(8-11)13(17)9-16-6-4-12(15)5-7-16/h1-3,8,12-13,17H,4-7,9,15H2. The second-order valence-electron chi connectivity index (χ2n) is 4.71. The van der Waals surface area contributed by atoms with Crippen molar-refractivity contribution in [3.63, 3.8) is 0 Å².